The number of aryl methyl sites for hydroxylation is 3. The lowest BCUT2D eigenvalue weighted by atomic mass is 10.0. The molecule has 1 heterocycles. The van der Waals surface area contributed by atoms with Crippen LogP contribution in [0.15, 0.2) is 36.7 Å². The normalized spacial score (nSPS) is 10.6. The standard InChI is InChI=1S/C18H22N2O2/c1-2-3-4-5-17-19-12-15(13-20-17)7-6-14-8-10-16(11-9-14)18(21)22/h8-13H,2-7H2,1H3,(H,21,22). The molecule has 0 aliphatic heterocycles. The molecular formula is C18H22N2O2. The second kappa shape index (κ2) is 8.27. The molecule has 0 unspecified atom stereocenters. The van der Waals surface area contributed by atoms with Gasteiger partial charge in [0.15, 0.2) is 0 Å². The maximum Gasteiger partial charge on any atom is 0.335 e. The summed E-state index contributed by atoms with van der Waals surface area (Å²) < 4.78 is 0. The molecule has 0 aliphatic rings. The summed E-state index contributed by atoms with van der Waals surface area (Å²) in [5.41, 5.74) is 2.56. The third kappa shape index (κ3) is 4.95. The predicted molar refractivity (Wildman–Crippen MR) is 86.1 cm³/mol. The number of rotatable bonds is 8. The van der Waals surface area contributed by atoms with E-state index in [1.807, 2.05) is 24.5 Å². The Hall–Kier alpha value is -2.23. The van der Waals surface area contributed by atoms with Crippen molar-refractivity contribution in [1.82, 2.24) is 9.97 Å². The third-order valence-electron chi connectivity index (χ3n) is 3.67. The summed E-state index contributed by atoms with van der Waals surface area (Å²) >= 11 is 0. The van der Waals surface area contributed by atoms with E-state index in [9.17, 15) is 4.79 Å². The number of carboxylic acids is 1. The second-order valence-electron chi connectivity index (χ2n) is 5.47. The Morgan fingerprint density at radius 2 is 1.59 bits per heavy atom. The minimum absolute atomic E-state index is 0.323. The number of aromatic carboxylic acids is 1. The zero-order chi connectivity index (χ0) is 15.8. The predicted octanol–water partition coefficient (Wildman–Crippen LogP) is 3.69. The summed E-state index contributed by atoms with van der Waals surface area (Å²) in [5, 5.41) is 8.87. The van der Waals surface area contributed by atoms with Gasteiger partial charge in [-0.25, -0.2) is 14.8 Å². The molecule has 0 fully saturated rings. The monoisotopic (exact) mass is 298 g/mol. The summed E-state index contributed by atoms with van der Waals surface area (Å²) in [5.74, 6) is 0.0293. The molecule has 0 saturated heterocycles. The van der Waals surface area contributed by atoms with E-state index in [1.54, 1.807) is 12.1 Å². The maximum absolute atomic E-state index is 10.8. The molecule has 1 N–H and O–H groups in total. The summed E-state index contributed by atoms with van der Waals surface area (Å²) in [7, 11) is 0. The number of hydrogen-bond donors (Lipinski definition) is 1. The zero-order valence-corrected chi connectivity index (χ0v) is 13.0. The van der Waals surface area contributed by atoms with E-state index >= 15 is 0 Å². The highest BCUT2D eigenvalue weighted by Crippen LogP contribution is 2.09. The van der Waals surface area contributed by atoms with Gasteiger partial charge in [-0.05, 0) is 42.5 Å². The van der Waals surface area contributed by atoms with Gasteiger partial charge in [0.1, 0.15) is 5.82 Å². The molecule has 0 bridgehead atoms. The fourth-order valence-corrected chi connectivity index (χ4v) is 2.28. The molecular weight excluding hydrogens is 276 g/mol. The SMILES string of the molecule is CCCCCc1ncc(CCc2ccc(C(=O)O)cc2)cn1. The summed E-state index contributed by atoms with van der Waals surface area (Å²) in [4.78, 5) is 19.6. The van der Waals surface area contributed by atoms with Crippen molar-refractivity contribution in [3.05, 3.63) is 59.2 Å². The first-order valence-electron chi connectivity index (χ1n) is 7.81. The van der Waals surface area contributed by atoms with Crippen molar-refractivity contribution in [3.8, 4) is 0 Å². The Labute approximate surface area is 131 Å². The van der Waals surface area contributed by atoms with E-state index in [4.69, 9.17) is 5.11 Å². The average molecular weight is 298 g/mol. The molecule has 0 radical (unpaired) electrons. The molecule has 0 atom stereocenters. The lowest BCUT2D eigenvalue weighted by Gasteiger charge is -2.04. The number of aromatic nitrogens is 2. The number of unbranched alkanes of at least 4 members (excludes halogenated alkanes) is 2. The maximum atomic E-state index is 10.8. The average Bonchev–Trinajstić information content (AvgIpc) is 2.55. The van der Waals surface area contributed by atoms with E-state index in [0.29, 0.717) is 5.56 Å². The second-order valence-corrected chi connectivity index (χ2v) is 5.47. The Bertz CT molecular complexity index is 591. The molecule has 0 aliphatic carbocycles. The Kier molecular flexibility index (Phi) is 6.07. The van der Waals surface area contributed by atoms with Gasteiger partial charge in [0.2, 0.25) is 0 Å². The van der Waals surface area contributed by atoms with Crippen molar-refractivity contribution in [2.45, 2.75) is 45.4 Å². The zero-order valence-electron chi connectivity index (χ0n) is 13.0. The van der Waals surface area contributed by atoms with Crippen molar-refractivity contribution in [3.63, 3.8) is 0 Å². The van der Waals surface area contributed by atoms with Gasteiger partial charge in [0, 0.05) is 18.8 Å². The molecule has 2 aromatic rings. The number of carbonyl (C=O) groups is 1. The molecule has 2 rings (SSSR count). The minimum Gasteiger partial charge on any atom is -0.478 e. The number of hydrogen-bond acceptors (Lipinski definition) is 3. The van der Waals surface area contributed by atoms with Crippen molar-refractivity contribution >= 4 is 5.97 Å². The molecule has 0 spiro atoms. The molecule has 4 heteroatoms. The van der Waals surface area contributed by atoms with Gasteiger partial charge in [-0.3, -0.25) is 0 Å². The van der Waals surface area contributed by atoms with Gasteiger partial charge >= 0.3 is 5.97 Å². The van der Waals surface area contributed by atoms with Crippen LogP contribution in [0.1, 0.15) is 53.5 Å². The quantitative estimate of drug-likeness (QED) is 0.755. The lowest BCUT2D eigenvalue weighted by molar-refractivity contribution is 0.0697. The highest BCUT2D eigenvalue weighted by molar-refractivity contribution is 5.87. The van der Waals surface area contributed by atoms with E-state index in [0.717, 1.165) is 42.6 Å². The minimum atomic E-state index is -0.890. The van der Waals surface area contributed by atoms with Gasteiger partial charge in [0.05, 0.1) is 5.56 Å². The van der Waals surface area contributed by atoms with E-state index < -0.39 is 5.97 Å². The molecule has 116 valence electrons. The van der Waals surface area contributed by atoms with Crippen molar-refractivity contribution in [2.75, 3.05) is 0 Å². The van der Waals surface area contributed by atoms with Gasteiger partial charge in [-0.1, -0.05) is 31.9 Å². The summed E-state index contributed by atoms with van der Waals surface area (Å²) in [6, 6.07) is 7.02. The fourth-order valence-electron chi connectivity index (χ4n) is 2.28. The van der Waals surface area contributed by atoms with Crippen LogP contribution >= 0.6 is 0 Å². The number of nitrogens with zero attached hydrogens (tertiary/aromatic N) is 2. The highest BCUT2D eigenvalue weighted by Gasteiger charge is 2.03. The van der Waals surface area contributed by atoms with E-state index in [1.165, 1.54) is 12.8 Å². The molecule has 22 heavy (non-hydrogen) atoms. The first kappa shape index (κ1) is 16.1. The van der Waals surface area contributed by atoms with Crippen LogP contribution in [0.25, 0.3) is 0 Å². The van der Waals surface area contributed by atoms with E-state index in [2.05, 4.69) is 16.9 Å². The largest absolute Gasteiger partial charge is 0.478 e. The van der Waals surface area contributed by atoms with Crippen LogP contribution in [0.5, 0.6) is 0 Å². The first-order chi connectivity index (χ1) is 10.7. The van der Waals surface area contributed by atoms with Crippen LogP contribution in [0.4, 0.5) is 0 Å². The van der Waals surface area contributed by atoms with Gasteiger partial charge in [-0.15, -0.1) is 0 Å². The van der Waals surface area contributed by atoms with Crippen LogP contribution in [-0.2, 0) is 19.3 Å². The summed E-state index contributed by atoms with van der Waals surface area (Å²) in [6.07, 6.45) is 10.0. The first-order valence-corrected chi connectivity index (χ1v) is 7.81. The van der Waals surface area contributed by atoms with Crippen molar-refractivity contribution in [2.24, 2.45) is 0 Å². The molecule has 4 nitrogen and oxygen atoms in total. The Balaban J connectivity index is 1.84. The van der Waals surface area contributed by atoms with Crippen molar-refractivity contribution in [1.29, 1.82) is 0 Å². The van der Waals surface area contributed by atoms with Crippen LogP contribution in [0.3, 0.4) is 0 Å². The van der Waals surface area contributed by atoms with Crippen LogP contribution in [0.2, 0.25) is 0 Å². The highest BCUT2D eigenvalue weighted by atomic mass is 16.4. The number of benzene rings is 1. The smallest absolute Gasteiger partial charge is 0.335 e. The molecule has 1 aromatic carbocycles. The molecule has 1 aromatic heterocycles. The number of carboxylic acid groups (broad SMARTS) is 1. The van der Waals surface area contributed by atoms with Crippen LogP contribution < -0.4 is 0 Å². The van der Waals surface area contributed by atoms with Gasteiger partial charge in [-0.2, -0.15) is 0 Å². The third-order valence-corrected chi connectivity index (χ3v) is 3.67. The topological polar surface area (TPSA) is 63.1 Å². The lowest BCUT2D eigenvalue weighted by Crippen LogP contribution is -1.99. The van der Waals surface area contributed by atoms with Crippen LogP contribution in [-0.4, -0.2) is 21.0 Å². The fraction of sp³-hybridized carbons (Fsp3) is 0.389. The van der Waals surface area contributed by atoms with Crippen molar-refractivity contribution < 1.29 is 9.90 Å². The van der Waals surface area contributed by atoms with E-state index in [-0.39, 0.29) is 0 Å². The van der Waals surface area contributed by atoms with Gasteiger partial charge in [0.25, 0.3) is 0 Å². The molecule has 0 amide bonds. The Morgan fingerprint density at radius 3 is 2.18 bits per heavy atom. The van der Waals surface area contributed by atoms with Gasteiger partial charge < -0.3 is 5.11 Å². The molecule has 0 saturated carbocycles. The Morgan fingerprint density at radius 1 is 0.955 bits per heavy atom. The van der Waals surface area contributed by atoms with Crippen LogP contribution in [0, 0.1) is 0 Å². The summed E-state index contributed by atoms with van der Waals surface area (Å²) in [6.45, 7) is 2.19.